The number of carbonyl (C=O) groups is 1. The largest absolute Gasteiger partial charge is 0.506 e. The summed E-state index contributed by atoms with van der Waals surface area (Å²) in [5.41, 5.74) is -0.0660. The van der Waals surface area contributed by atoms with Crippen LogP contribution in [-0.4, -0.2) is 45.7 Å². The Morgan fingerprint density at radius 2 is 1.73 bits per heavy atom. The number of aromatic carboxylic acids is 1. The predicted molar refractivity (Wildman–Crippen MR) is 58.3 cm³/mol. The Hall–Kier alpha value is -1.03. The fourth-order valence-corrected chi connectivity index (χ4v) is 1.43. The topological polar surface area (TPSA) is 57.5 Å². The molecule has 71 valence electrons. The van der Waals surface area contributed by atoms with Crippen molar-refractivity contribution >= 4 is 46.3 Å². The van der Waals surface area contributed by atoms with Gasteiger partial charge in [0.15, 0.2) is 0 Å². The molecule has 0 saturated heterocycles. The van der Waals surface area contributed by atoms with Crippen molar-refractivity contribution < 1.29 is 15.0 Å². The van der Waals surface area contributed by atoms with E-state index >= 15 is 0 Å². The Morgan fingerprint density at radius 3 is 2.40 bits per heavy atom. The zero-order chi connectivity index (χ0) is 10.1. The van der Waals surface area contributed by atoms with Gasteiger partial charge in [-0.05, 0) is 11.5 Å². The second-order valence-corrected chi connectivity index (χ2v) is 2.99. The van der Waals surface area contributed by atoms with E-state index in [1.165, 1.54) is 6.07 Å². The van der Waals surface area contributed by atoms with Crippen LogP contribution in [0.2, 0.25) is 0 Å². The fourth-order valence-electron chi connectivity index (χ4n) is 1.43. The fraction of sp³-hybridized carbons (Fsp3) is 0. The van der Waals surface area contributed by atoms with Crippen LogP contribution < -0.4 is 0 Å². The van der Waals surface area contributed by atoms with Crippen LogP contribution in [0, 0.1) is 0 Å². The van der Waals surface area contributed by atoms with Gasteiger partial charge in [0.25, 0.3) is 0 Å². The van der Waals surface area contributed by atoms with Gasteiger partial charge in [0.1, 0.15) is 11.3 Å². The first-order chi connectivity index (χ1) is 6.70. The van der Waals surface area contributed by atoms with Gasteiger partial charge in [-0.3, -0.25) is 0 Å². The van der Waals surface area contributed by atoms with E-state index in [9.17, 15) is 9.90 Å². The molecule has 15 heavy (non-hydrogen) atoms. The molecule has 0 aromatic heterocycles. The first kappa shape index (κ1) is 12.0. The van der Waals surface area contributed by atoms with Gasteiger partial charge in [-0.2, -0.15) is 0 Å². The third-order valence-corrected chi connectivity index (χ3v) is 2.13. The zero-order valence-electron chi connectivity index (χ0n) is 8.27. The second kappa shape index (κ2) is 4.66. The van der Waals surface area contributed by atoms with Crippen molar-refractivity contribution in [3.63, 3.8) is 0 Å². The summed E-state index contributed by atoms with van der Waals surface area (Å²) in [5.74, 6) is -1.29. The average molecular weight is 211 g/mol. The van der Waals surface area contributed by atoms with Gasteiger partial charge >= 0.3 is 5.97 Å². The molecule has 0 atom stereocenters. The SMILES string of the molecule is O=C(O)c1ccc2ccccc2c1O.[Na]. The van der Waals surface area contributed by atoms with Gasteiger partial charge in [-0.15, -0.1) is 0 Å². The molecule has 2 aromatic carbocycles. The summed E-state index contributed by atoms with van der Waals surface area (Å²) in [7, 11) is 0. The number of hydrogen-bond donors (Lipinski definition) is 2. The van der Waals surface area contributed by atoms with E-state index < -0.39 is 5.97 Å². The number of carboxylic acids is 1. The maximum Gasteiger partial charge on any atom is 0.339 e. The van der Waals surface area contributed by atoms with Crippen LogP contribution in [-0.2, 0) is 0 Å². The molecule has 0 aliphatic carbocycles. The number of hydrogen-bond acceptors (Lipinski definition) is 2. The molecule has 0 aliphatic heterocycles. The van der Waals surface area contributed by atoms with Crippen molar-refractivity contribution in [2.24, 2.45) is 0 Å². The van der Waals surface area contributed by atoms with Gasteiger partial charge in [0.05, 0.1) is 0 Å². The van der Waals surface area contributed by atoms with E-state index in [0.717, 1.165) is 5.39 Å². The smallest absolute Gasteiger partial charge is 0.339 e. The molecular weight excluding hydrogens is 203 g/mol. The molecule has 3 nitrogen and oxygen atoms in total. The minimum atomic E-state index is -1.12. The first-order valence-corrected chi connectivity index (χ1v) is 4.14. The summed E-state index contributed by atoms with van der Waals surface area (Å²) in [6.45, 7) is 0. The van der Waals surface area contributed by atoms with Crippen molar-refractivity contribution in [1.82, 2.24) is 0 Å². The number of rotatable bonds is 1. The van der Waals surface area contributed by atoms with E-state index in [4.69, 9.17) is 5.11 Å². The molecule has 0 bridgehead atoms. The van der Waals surface area contributed by atoms with E-state index in [1.807, 2.05) is 12.1 Å². The maximum atomic E-state index is 10.7. The van der Waals surface area contributed by atoms with E-state index in [2.05, 4.69) is 0 Å². The number of phenols is 1. The summed E-state index contributed by atoms with van der Waals surface area (Å²) in [4.78, 5) is 10.7. The Bertz CT molecular complexity index is 508. The van der Waals surface area contributed by atoms with Crippen molar-refractivity contribution in [3.8, 4) is 5.75 Å². The van der Waals surface area contributed by atoms with Gasteiger partial charge in [0, 0.05) is 34.9 Å². The number of benzene rings is 2. The monoisotopic (exact) mass is 211 g/mol. The van der Waals surface area contributed by atoms with Crippen molar-refractivity contribution in [3.05, 3.63) is 42.0 Å². The number of carboxylic acid groups (broad SMARTS) is 1. The summed E-state index contributed by atoms with van der Waals surface area (Å²) in [5, 5.41) is 19.8. The van der Waals surface area contributed by atoms with E-state index in [1.54, 1.807) is 18.2 Å². The average Bonchev–Trinajstić information content (AvgIpc) is 2.18. The molecule has 1 radical (unpaired) electrons. The molecule has 0 spiro atoms. The molecule has 0 amide bonds. The second-order valence-electron chi connectivity index (χ2n) is 2.99. The normalized spacial score (nSPS) is 9.60. The molecule has 0 fully saturated rings. The van der Waals surface area contributed by atoms with Crippen molar-refractivity contribution in [2.75, 3.05) is 0 Å². The summed E-state index contributed by atoms with van der Waals surface area (Å²) in [6.07, 6.45) is 0. The van der Waals surface area contributed by atoms with Gasteiger partial charge in [0.2, 0.25) is 0 Å². The summed E-state index contributed by atoms with van der Waals surface area (Å²) >= 11 is 0. The summed E-state index contributed by atoms with van der Waals surface area (Å²) in [6, 6.07) is 10.2. The zero-order valence-corrected chi connectivity index (χ0v) is 10.3. The van der Waals surface area contributed by atoms with Crippen LogP contribution in [0.15, 0.2) is 36.4 Å². The third kappa shape index (κ3) is 2.15. The third-order valence-electron chi connectivity index (χ3n) is 2.13. The maximum absolute atomic E-state index is 10.7. The Balaban J connectivity index is 0.00000112. The Morgan fingerprint density at radius 1 is 1.07 bits per heavy atom. The molecule has 2 rings (SSSR count). The van der Waals surface area contributed by atoms with Gasteiger partial charge < -0.3 is 10.2 Å². The van der Waals surface area contributed by atoms with Crippen LogP contribution in [0.25, 0.3) is 10.8 Å². The molecule has 4 heteroatoms. The number of fused-ring (bicyclic) bond motifs is 1. The van der Waals surface area contributed by atoms with Gasteiger partial charge in [-0.25, -0.2) is 4.79 Å². The molecule has 0 unspecified atom stereocenters. The van der Waals surface area contributed by atoms with Crippen LogP contribution in [0.4, 0.5) is 0 Å². The Labute approximate surface area is 109 Å². The van der Waals surface area contributed by atoms with Crippen LogP contribution in [0.1, 0.15) is 10.4 Å². The molecular formula is C11H8NaO3. The standard InChI is InChI=1S/C11H8O3.Na/c12-10-8-4-2-1-3-7(8)5-6-9(10)11(13)14;/h1-6,12H,(H,13,14);. The van der Waals surface area contributed by atoms with E-state index in [-0.39, 0.29) is 40.9 Å². The van der Waals surface area contributed by atoms with E-state index in [0.29, 0.717) is 5.39 Å². The molecule has 2 aromatic rings. The quantitative estimate of drug-likeness (QED) is 0.708. The Kier molecular flexibility index (Phi) is 3.74. The minimum absolute atomic E-state index is 0. The first-order valence-electron chi connectivity index (χ1n) is 4.14. The van der Waals surface area contributed by atoms with Crippen LogP contribution in [0.5, 0.6) is 5.75 Å². The molecule has 2 N–H and O–H groups in total. The number of aromatic hydroxyl groups is 1. The van der Waals surface area contributed by atoms with Crippen molar-refractivity contribution in [1.29, 1.82) is 0 Å². The van der Waals surface area contributed by atoms with Crippen molar-refractivity contribution in [2.45, 2.75) is 0 Å². The van der Waals surface area contributed by atoms with Crippen LogP contribution >= 0.6 is 0 Å². The predicted octanol–water partition coefficient (Wildman–Crippen LogP) is 1.86. The summed E-state index contributed by atoms with van der Waals surface area (Å²) < 4.78 is 0. The molecule has 0 heterocycles. The van der Waals surface area contributed by atoms with Gasteiger partial charge in [-0.1, -0.05) is 30.3 Å². The van der Waals surface area contributed by atoms with Crippen LogP contribution in [0.3, 0.4) is 0 Å². The molecule has 0 aliphatic rings. The minimum Gasteiger partial charge on any atom is -0.506 e. The molecule has 0 saturated carbocycles.